The van der Waals surface area contributed by atoms with Crippen molar-refractivity contribution in [2.45, 2.75) is 13.8 Å². The largest absolute Gasteiger partial charge is 0.478 e. The fourth-order valence-electron chi connectivity index (χ4n) is 3.48. The number of carbonyl (C=O) groups excluding carboxylic acids is 2. The number of ketones is 1. The van der Waals surface area contributed by atoms with Gasteiger partial charge in [0.1, 0.15) is 0 Å². The van der Waals surface area contributed by atoms with Crippen LogP contribution in [-0.2, 0) is 9.53 Å². The number of Topliss-reactive ketones (excluding diaryl/α,β-unsaturated/α-hetero) is 1. The molecule has 0 N–H and O–H groups in total. The zero-order valence-electron chi connectivity index (χ0n) is 18.5. The Morgan fingerprint density at radius 1 is 1.00 bits per heavy atom. The number of rotatable bonds is 8. The maximum Gasteiger partial charge on any atom is 0.330 e. The summed E-state index contributed by atoms with van der Waals surface area (Å²) in [5.74, 6) is -0.936. The molecule has 0 aromatic heterocycles. The Labute approximate surface area is 191 Å². The van der Waals surface area contributed by atoms with Crippen molar-refractivity contribution in [3.63, 3.8) is 0 Å². The van der Waals surface area contributed by atoms with Gasteiger partial charge in [0.05, 0.1) is 12.0 Å². The van der Waals surface area contributed by atoms with E-state index in [-0.39, 0.29) is 23.8 Å². The summed E-state index contributed by atoms with van der Waals surface area (Å²) in [7, 11) is 1.25. The quantitative estimate of drug-likeness (QED) is 0.153. The maximum atomic E-state index is 12.8. The molecular weight excluding hydrogens is 422 g/mol. The van der Waals surface area contributed by atoms with E-state index in [1.54, 1.807) is 18.2 Å². The molecule has 0 saturated carbocycles. The Morgan fingerprint density at radius 2 is 1.70 bits per heavy atom. The van der Waals surface area contributed by atoms with E-state index in [2.05, 4.69) is 4.74 Å². The summed E-state index contributed by atoms with van der Waals surface area (Å²) < 4.78 is 10.1. The third kappa shape index (κ3) is 5.71. The first-order valence-corrected chi connectivity index (χ1v) is 10.2. The highest BCUT2D eigenvalue weighted by Crippen LogP contribution is 2.30. The normalized spacial score (nSPS) is 10.8. The van der Waals surface area contributed by atoms with Crippen molar-refractivity contribution in [2.24, 2.45) is 0 Å². The van der Waals surface area contributed by atoms with Crippen molar-refractivity contribution >= 4 is 23.5 Å². The number of aryl methyl sites for hydroxylation is 2. The molecule has 0 atom stereocenters. The number of methoxy groups -OCH3 is 1. The number of nitro benzene ring substituents is 1. The average Bonchev–Trinajstić information content (AvgIpc) is 2.81. The van der Waals surface area contributed by atoms with Crippen LogP contribution in [0.4, 0.5) is 5.69 Å². The molecule has 0 bridgehead atoms. The van der Waals surface area contributed by atoms with Gasteiger partial charge in [-0.1, -0.05) is 36.4 Å². The van der Waals surface area contributed by atoms with Gasteiger partial charge in [-0.2, -0.15) is 0 Å². The molecule has 0 amide bonds. The van der Waals surface area contributed by atoms with E-state index < -0.39 is 10.9 Å². The number of hydrogen-bond donors (Lipinski definition) is 0. The van der Waals surface area contributed by atoms with Crippen molar-refractivity contribution in [3.8, 4) is 16.9 Å². The molecule has 168 valence electrons. The Bertz CT molecular complexity index is 1230. The molecule has 0 heterocycles. The summed E-state index contributed by atoms with van der Waals surface area (Å²) in [6, 6.07) is 17.4. The second-order valence-electron chi connectivity index (χ2n) is 7.40. The lowest BCUT2D eigenvalue weighted by molar-refractivity contribution is -0.385. The third-order valence-corrected chi connectivity index (χ3v) is 5.11. The van der Waals surface area contributed by atoms with Crippen molar-refractivity contribution < 1.29 is 24.0 Å². The number of nitrogens with zero attached hydrogens (tertiary/aromatic N) is 1. The summed E-state index contributed by atoms with van der Waals surface area (Å²) in [6.45, 7) is 3.66. The zero-order valence-corrected chi connectivity index (χ0v) is 18.5. The SMILES string of the molecule is COC(=O)/C=C/c1ccc([N+](=O)[O-])c(OCC(=O)c2cccc(-c3c(C)cccc3C)c2)c1. The molecule has 0 aliphatic heterocycles. The van der Waals surface area contributed by atoms with Crippen LogP contribution in [0.25, 0.3) is 17.2 Å². The number of carbonyl (C=O) groups is 2. The van der Waals surface area contributed by atoms with E-state index in [9.17, 15) is 19.7 Å². The van der Waals surface area contributed by atoms with Gasteiger partial charge in [-0.05, 0) is 65.9 Å². The number of esters is 1. The third-order valence-electron chi connectivity index (χ3n) is 5.11. The highest BCUT2D eigenvalue weighted by atomic mass is 16.6. The van der Waals surface area contributed by atoms with E-state index in [1.165, 1.54) is 37.5 Å². The number of hydrogen-bond acceptors (Lipinski definition) is 6. The maximum absolute atomic E-state index is 12.8. The molecule has 0 unspecified atom stereocenters. The first-order chi connectivity index (χ1) is 15.8. The highest BCUT2D eigenvalue weighted by Gasteiger charge is 2.18. The topological polar surface area (TPSA) is 95.7 Å². The van der Waals surface area contributed by atoms with E-state index in [1.807, 2.05) is 38.1 Å². The summed E-state index contributed by atoms with van der Waals surface area (Å²) >= 11 is 0. The predicted molar refractivity (Wildman–Crippen MR) is 125 cm³/mol. The summed E-state index contributed by atoms with van der Waals surface area (Å²) in [4.78, 5) is 34.9. The van der Waals surface area contributed by atoms with E-state index in [0.717, 1.165) is 22.3 Å². The van der Waals surface area contributed by atoms with Crippen LogP contribution >= 0.6 is 0 Å². The van der Waals surface area contributed by atoms with Crippen molar-refractivity contribution in [1.29, 1.82) is 0 Å². The Kier molecular flexibility index (Phi) is 7.35. The van der Waals surface area contributed by atoms with Crippen molar-refractivity contribution in [1.82, 2.24) is 0 Å². The van der Waals surface area contributed by atoms with Crippen LogP contribution in [0, 0.1) is 24.0 Å². The highest BCUT2D eigenvalue weighted by molar-refractivity contribution is 5.98. The van der Waals surface area contributed by atoms with Gasteiger partial charge in [0.25, 0.3) is 0 Å². The number of ether oxygens (including phenoxy) is 2. The molecule has 33 heavy (non-hydrogen) atoms. The van der Waals surface area contributed by atoms with Crippen LogP contribution in [0.2, 0.25) is 0 Å². The van der Waals surface area contributed by atoms with Crippen LogP contribution in [0.1, 0.15) is 27.0 Å². The van der Waals surface area contributed by atoms with E-state index >= 15 is 0 Å². The van der Waals surface area contributed by atoms with Crippen LogP contribution in [0.3, 0.4) is 0 Å². The van der Waals surface area contributed by atoms with E-state index in [4.69, 9.17) is 4.74 Å². The minimum atomic E-state index is -0.588. The van der Waals surface area contributed by atoms with Gasteiger partial charge in [0, 0.05) is 17.7 Å². The van der Waals surface area contributed by atoms with E-state index in [0.29, 0.717) is 11.1 Å². The first kappa shape index (κ1) is 23.4. The van der Waals surface area contributed by atoms with Gasteiger partial charge < -0.3 is 9.47 Å². The average molecular weight is 445 g/mol. The van der Waals surface area contributed by atoms with Crippen molar-refractivity contribution in [3.05, 3.63) is 99.1 Å². The lowest BCUT2D eigenvalue weighted by Crippen LogP contribution is -2.12. The van der Waals surface area contributed by atoms with Gasteiger partial charge in [0.2, 0.25) is 0 Å². The number of benzene rings is 3. The minimum absolute atomic E-state index is 0.0636. The second-order valence-corrected chi connectivity index (χ2v) is 7.40. The minimum Gasteiger partial charge on any atom is -0.478 e. The lowest BCUT2D eigenvalue weighted by atomic mass is 9.94. The molecule has 0 saturated heterocycles. The van der Waals surface area contributed by atoms with Gasteiger partial charge >= 0.3 is 11.7 Å². The summed E-state index contributed by atoms with van der Waals surface area (Å²) in [5.41, 5.74) is 4.84. The molecule has 0 spiro atoms. The van der Waals surface area contributed by atoms with Crippen LogP contribution < -0.4 is 4.74 Å². The summed E-state index contributed by atoms with van der Waals surface area (Å²) in [5, 5.41) is 11.4. The lowest BCUT2D eigenvalue weighted by Gasteiger charge is -2.12. The molecule has 3 rings (SSSR count). The number of nitro groups is 1. The smallest absolute Gasteiger partial charge is 0.330 e. The molecule has 0 aliphatic carbocycles. The molecule has 0 radical (unpaired) electrons. The fourth-order valence-corrected chi connectivity index (χ4v) is 3.48. The second kappa shape index (κ2) is 10.4. The Hall–Kier alpha value is -4.26. The van der Waals surface area contributed by atoms with Gasteiger partial charge in [-0.15, -0.1) is 0 Å². The molecule has 7 heteroatoms. The molecule has 3 aromatic carbocycles. The molecule has 7 nitrogen and oxygen atoms in total. The molecule has 3 aromatic rings. The summed E-state index contributed by atoms with van der Waals surface area (Å²) in [6.07, 6.45) is 2.63. The van der Waals surface area contributed by atoms with Gasteiger partial charge in [-0.3, -0.25) is 14.9 Å². The van der Waals surface area contributed by atoms with Gasteiger partial charge in [0.15, 0.2) is 18.1 Å². The molecule has 0 aliphatic rings. The van der Waals surface area contributed by atoms with Crippen LogP contribution in [-0.4, -0.2) is 30.4 Å². The predicted octanol–water partition coefficient (Wildman–Crippen LogP) is 5.33. The Morgan fingerprint density at radius 3 is 2.36 bits per heavy atom. The van der Waals surface area contributed by atoms with Crippen LogP contribution in [0.15, 0.2) is 66.7 Å². The standard InChI is InChI=1S/C26H23NO6/c1-17-6-4-7-18(2)26(17)21-9-5-8-20(15-21)23(28)16-33-24-14-19(11-13-25(29)32-3)10-12-22(24)27(30)31/h4-15H,16H2,1-3H3/b13-11+. The molecule has 0 fully saturated rings. The van der Waals surface area contributed by atoms with Gasteiger partial charge in [-0.25, -0.2) is 4.79 Å². The Balaban J connectivity index is 1.82. The first-order valence-electron chi connectivity index (χ1n) is 10.2. The van der Waals surface area contributed by atoms with Crippen LogP contribution in [0.5, 0.6) is 5.75 Å². The zero-order chi connectivity index (χ0) is 24.0. The monoisotopic (exact) mass is 445 g/mol. The van der Waals surface area contributed by atoms with Crippen molar-refractivity contribution in [2.75, 3.05) is 13.7 Å². The molecular formula is C26H23NO6. The fraction of sp³-hybridized carbons (Fsp3) is 0.154.